The molecule has 0 saturated heterocycles. The van der Waals surface area contributed by atoms with E-state index in [-0.39, 0.29) is 32.6 Å². The third-order valence-corrected chi connectivity index (χ3v) is 9.36. The first-order valence-electron chi connectivity index (χ1n) is 20.8. The van der Waals surface area contributed by atoms with Crippen molar-refractivity contribution < 1.29 is 37.6 Å². The molecule has 0 amide bonds. The minimum atomic E-state index is -4.39. The number of hydrogen-bond donors (Lipinski definition) is 2. The molecule has 306 valence electrons. The Morgan fingerprint density at radius 3 is 1.53 bits per heavy atom. The zero-order chi connectivity index (χ0) is 38.9. The normalized spacial score (nSPS) is 14.0. The predicted octanol–water partition coefficient (Wildman–Crippen LogP) is 11.7. The molecule has 0 fully saturated rings. The summed E-state index contributed by atoms with van der Waals surface area (Å²) >= 11 is 0. The maximum Gasteiger partial charge on any atom is 0.472 e. The van der Waals surface area contributed by atoms with E-state index >= 15 is 0 Å². The van der Waals surface area contributed by atoms with Crippen molar-refractivity contribution in [3.8, 4) is 0 Å². The van der Waals surface area contributed by atoms with Gasteiger partial charge in [-0.15, -0.1) is 0 Å². The molecule has 3 N–H and O–H groups in total. The first-order valence-corrected chi connectivity index (χ1v) is 22.3. The number of esters is 2. The summed E-state index contributed by atoms with van der Waals surface area (Å²) in [6.45, 7) is 3.62. The molecule has 0 aromatic carbocycles. The summed E-state index contributed by atoms with van der Waals surface area (Å²) in [4.78, 5) is 34.8. The van der Waals surface area contributed by atoms with Crippen LogP contribution in [0.25, 0.3) is 0 Å². The first kappa shape index (κ1) is 50.7. The van der Waals surface area contributed by atoms with E-state index in [0.717, 1.165) is 70.6 Å². The minimum absolute atomic E-state index is 0.0442. The second-order valence-corrected chi connectivity index (χ2v) is 14.9. The van der Waals surface area contributed by atoms with Crippen LogP contribution >= 0.6 is 7.82 Å². The molecule has 0 spiro atoms. The molecule has 0 aromatic heterocycles. The van der Waals surface area contributed by atoms with Crippen LogP contribution in [0.5, 0.6) is 0 Å². The van der Waals surface area contributed by atoms with Gasteiger partial charge in [0, 0.05) is 19.4 Å². The Balaban J connectivity index is 4.27. The number of phosphoric ester groups is 1. The Morgan fingerprint density at radius 2 is 0.981 bits per heavy atom. The smallest absolute Gasteiger partial charge is 0.462 e. The van der Waals surface area contributed by atoms with E-state index < -0.39 is 32.5 Å². The standard InChI is InChI=1S/C43H76NO8P/c1-3-5-7-9-11-13-15-17-18-19-20-21-22-24-26-28-30-32-34-36-43(46)52-41(40-51-53(47,48)50-38-37-44)39-49-42(45)35-33-31-29-27-25-23-16-14-12-10-8-6-4-2/h11,13-14,16-18,20-21,24,26,41H,3-10,12,15,19,22-23,25,27-40,44H2,1-2H3,(H,47,48)/b13-11+,16-14+,18-17+,21-20+,26-24+/t41-/m1/s1. The first-order chi connectivity index (χ1) is 25.8. The van der Waals surface area contributed by atoms with E-state index in [2.05, 4.69) is 74.6 Å². The molecule has 0 saturated carbocycles. The zero-order valence-corrected chi connectivity index (χ0v) is 34.4. The summed E-state index contributed by atoms with van der Waals surface area (Å²) in [5, 5.41) is 0. The van der Waals surface area contributed by atoms with Gasteiger partial charge in [-0.05, 0) is 83.5 Å². The van der Waals surface area contributed by atoms with Gasteiger partial charge in [-0.1, -0.05) is 132 Å². The number of nitrogens with two attached hydrogens (primary N) is 1. The third-order valence-electron chi connectivity index (χ3n) is 8.38. The molecule has 0 radical (unpaired) electrons. The molecule has 53 heavy (non-hydrogen) atoms. The average Bonchev–Trinajstić information content (AvgIpc) is 3.14. The molecule has 0 aliphatic carbocycles. The monoisotopic (exact) mass is 766 g/mol. The summed E-state index contributed by atoms with van der Waals surface area (Å²) in [6.07, 6.45) is 45.3. The largest absolute Gasteiger partial charge is 0.472 e. The van der Waals surface area contributed by atoms with Gasteiger partial charge in [-0.25, -0.2) is 4.57 Å². The van der Waals surface area contributed by atoms with Crippen LogP contribution in [0, 0.1) is 0 Å². The van der Waals surface area contributed by atoms with E-state index in [9.17, 15) is 19.0 Å². The van der Waals surface area contributed by atoms with Crippen LogP contribution in [0.1, 0.15) is 168 Å². The van der Waals surface area contributed by atoms with E-state index in [1.165, 1.54) is 57.8 Å². The summed E-state index contributed by atoms with van der Waals surface area (Å²) in [6, 6.07) is 0. The lowest BCUT2D eigenvalue weighted by molar-refractivity contribution is -0.161. The maximum atomic E-state index is 12.6. The highest BCUT2D eigenvalue weighted by molar-refractivity contribution is 7.47. The summed E-state index contributed by atoms with van der Waals surface area (Å²) in [5.41, 5.74) is 5.34. The fourth-order valence-electron chi connectivity index (χ4n) is 5.26. The van der Waals surface area contributed by atoms with Crippen molar-refractivity contribution in [2.45, 2.75) is 174 Å². The van der Waals surface area contributed by atoms with Crippen LogP contribution in [0.15, 0.2) is 60.8 Å². The van der Waals surface area contributed by atoms with Crippen molar-refractivity contribution in [2.24, 2.45) is 5.73 Å². The number of unbranched alkanes of at least 4 members (excludes halogenated alkanes) is 15. The van der Waals surface area contributed by atoms with Crippen molar-refractivity contribution in [2.75, 3.05) is 26.4 Å². The van der Waals surface area contributed by atoms with Crippen molar-refractivity contribution in [1.29, 1.82) is 0 Å². The zero-order valence-electron chi connectivity index (χ0n) is 33.5. The number of phosphoric acid groups is 1. The van der Waals surface area contributed by atoms with Crippen molar-refractivity contribution in [1.82, 2.24) is 0 Å². The van der Waals surface area contributed by atoms with E-state index in [1.807, 2.05) is 0 Å². The van der Waals surface area contributed by atoms with Crippen LogP contribution in [-0.4, -0.2) is 49.3 Å². The van der Waals surface area contributed by atoms with Crippen molar-refractivity contribution >= 4 is 19.8 Å². The Bertz CT molecular complexity index is 1050. The Morgan fingerprint density at radius 1 is 0.566 bits per heavy atom. The second-order valence-electron chi connectivity index (χ2n) is 13.5. The van der Waals surface area contributed by atoms with Crippen LogP contribution in [0.3, 0.4) is 0 Å². The maximum absolute atomic E-state index is 12.6. The third kappa shape index (κ3) is 39.2. The quantitative estimate of drug-likeness (QED) is 0.0272. The topological polar surface area (TPSA) is 134 Å². The fraction of sp³-hybridized carbons (Fsp3) is 0.721. The van der Waals surface area contributed by atoms with Crippen LogP contribution in [0.4, 0.5) is 0 Å². The summed E-state index contributed by atoms with van der Waals surface area (Å²) in [7, 11) is -4.39. The molecular formula is C43H76NO8P. The Labute approximate surface area is 323 Å². The van der Waals surface area contributed by atoms with Crippen LogP contribution in [-0.2, 0) is 32.7 Å². The van der Waals surface area contributed by atoms with E-state index in [4.69, 9.17) is 24.3 Å². The number of allylic oxidation sites excluding steroid dienone is 10. The van der Waals surface area contributed by atoms with E-state index in [0.29, 0.717) is 12.8 Å². The average molecular weight is 766 g/mol. The van der Waals surface area contributed by atoms with Crippen molar-refractivity contribution in [3.63, 3.8) is 0 Å². The van der Waals surface area contributed by atoms with Gasteiger partial charge in [0.25, 0.3) is 0 Å². The van der Waals surface area contributed by atoms with Crippen LogP contribution in [0.2, 0.25) is 0 Å². The van der Waals surface area contributed by atoms with E-state index in [1.54, 1.807) is 0 Å². The molecule has 10 heteroatoms. The SMILES string of the molecule is CCCCC/C=C/C/C=C/C/C=C/C/C=C/CCCCCC(=O)O[C@H](COC(=O)CCCCCCC/C=C/CCCCCC)COP(=O)(O)OCCN. The minimum Gasteiger partial charge on any atom is -0.462 e. The summed E-state index contributed by atoms with van der Waals surface area (Å²) in [5.74, 6) is -0.880. The number of carbonyl (C=O) groups excluding carboxylic acids is 2. The molecule has 0 heterocycles. The van der Waals surface area contributed by atoms with Gasteiger partial charge in [0.1, 0.15) is 6.61 Å². The molecule has 0 aromatic rings. The molecule has 0 bridgehead atoms. The number of carbonyl (C=O) groups is 2. The lowest BCUT2D eigenvalue weighted by Gasteiger charge is -2.19. The molecule has 1 unspecified atom stereocenters. The highest BCUT2D eigenvalue weighted by atomic mass is 31.2. The molecule has 0 aliphatic heterocycles. The highest BCUT2D eigenvalue weighted by Crippen LogP contribution is 2.43. The number of hydrogen-bond acceptors (Lipinski definition) is 8. The van der Waals surface area contributed by atoms with Gasteiger partial charge in [-0.3, -0.25) is 18.6 Å². The molecule has 9 nitrogen and oxygen atoms in total. The second kappa shape index (κ2) is 39.4. The lowest BCUT2D eigenvalue weighted by atomic mass is 10.1. The van der Waals surface area contributed by atoms with Gasteiger partial charge in [-0.2, -0.15) is 0 Å². The lowest BCUT2D eigenvalue weighted by Crippen LogP contribution is -2.29. The fourth-order valence-corrected chi connectivity index (χ4v) is 6.02. The molecule has 0 aliphatic rings. The van der Waals surface area contributed by atoms with Gasteiger partial charge in [0.2, 0.25) is 0 Å². The van der Waals surface area contributed by atoms with Crippen molar-refractivity contribution in [3.05, 3.63) is 60.8 Å². The summed E-state index contributed by atoms with van der Waals surface area (Å²) < 4.78 is 32.7. The Kier molecular flexibility index (Phi) is 37.7. The molecule has 2 atom stereocenters. The van der Waals surface area contributed by atoms with Gasteiger partial charge >= 0.3 is 19.8 Å². The molecule has 0 rings (SSSR count). The van der Waals surface area contributed by atoms with Gasteiger partial charge in [0.15, 0.2) is 6.10 Å². The number of rotatable bonds is 38. The molecular weight excluding hydrogens is 689 g/mol. The number of ether oxygens (including phenoxy) is 2. The predicted molar refractivity (Wildman–Crippen MR) is 219 cm³/mol. The van der Waals surface area contributed by atoms with Gasteiger partial charge in [0.05, 0.1) is 13.2 Å². The van der Waals surface area contributed by atoms with Gasteiger partial charge < -0.3 is 20.1 Å². The highest BCUT2D eigenvalue weighted by Gasteiger charge is 2.25. The Hall–Kier alpha value is -2.29. The van der Waals surface area contributed by atoms with Crippen LogP contribution < -0.4 is 5.73 Å².